The number of nitrogens with one attached hydrogen (secondary N) is 1. The van der Waals surface area contributed by atoms with Gasteiger partial charge in [-0.05, 0) is 42.7 Å². The van der Waals surface area contributed by atoms with Crippen molar-refractivity contribution in [1.82, 2.24) is 9.71 Å². The summed E-state index contributed by atoms with van der Waals surface area (Å²) in [7, 11) is -3.76. The fraction of sp³-hybridized carbons (Fsp3) is 0.214. The molecule has 0 aliphatic heterocycles. The van der Waals surface area contributed by atoms with Crippen LogP contribution >= 0.6 is 11.6 Å². The number of aromatic nitrogens is 1. The van der Waals surface area contributed by atoms with Crippen molar-refractivity contribution in [3.63, 3.8) is 0 Å². The number of sulfonamides is 1. The van der Waals surface area contributed by atoms with Crippen LogP contribution in [0.4, 0.5) is 4.39 Å². The molecule has 7 heteroatoms. The predicted octanol–water partition coefficient (Wildman–Crippen LogP) is 2.97. The summed E-state index contributed by atoms with van der Waals surface area (Å²) in [4.78, 5) is 3.66. The molecular formula is C14H14ClFN2O2S. The maximum Gasteiger partial charge on any atom is 0.243 e. The smallest absolute Gasteiger partial charge is 0.243 e. The Kier molecular flexibility index (Phi) is 4.61. The van der Waals surface area contributed by atoms with Crippen LogP contribution < -0.4 is 4.72 Å². The van der Waals surface area contributed by atoms with Gasteiger partial charge in [-0.15, -0.1) is 0 Å². The summed E-state index contributed by atoms with van der Waals surface area (Å²) >= 11 is 5.78. The Bertz CT molecular complexity index is 755. The van der Waals surface area contributed by atoms with Crippen molar-refractivity contribution in [3.8, 4) is 0 Å². The quantitative estimate of drug-likeness (QED) is 0.878. The number of benzene rings is 1. The van der Waals surface area contributed by atoms with Crippen molar-refractivity contribution >= 4 is 21.6 Å². The van der Waals surface area contributed by atoms with Gasteiger partial charge in [-0.2, -0.15) is 0 Å². The molecule has 2 rings (SSSR count). The monoisotopic (exact) mass is 328 g/mol. The molecule has 1 aromatic heterocycles. The van der Waals surface area contributed by atoms with Gasteiger partial charge in [0.15, 0.2) is 0 Å². The molecule has 0 bridgehead atoms. The van der Waals surface area contributed by atoms with Crippen LogP contribution in [0.15, 0.2) is 35.4 Å². The van der Waals surface area contributed by atoms with Crippen LogP contribution in [0.1, 0.15) is 16.7 Å². The third-order valence-corrected chi connectivity index (χ3v) is 4.82. The SMILES string of the molecule is Cc1cc(CNS(=O)(=O)c2cccnc2Cl)cc(C)c1F. The first-order valence-corrected chi connectivity index (χ1v) is 8.03. The molecule has 0 saturated heterocycles. The highest BCUT2D eigenvalue weighted by molar-refractivity contribution is 7.89. The van der Waals surface area contributed by atoms with E-state index in [0.29, 0.717) is 16.7 Å². The minimum atomic E-state index is -3.76. The van der Waals surface area contributed by atoms with E-state index in [2.05, 4.69) is 9.71 Å². The van der Waals surface area contributed by atoms with Crippen molar-refractivity contribution < 1.29 is 12.8 Å². The van der Waals surface area contributed by atoms with Gasteiger partial charge in [0.2, 0.25) is 10.0 Å². The Morgan fingerprint density at radius 1 is 1.29 bits per heavy atom. The summed E-state index contributed by atoms with van der Waals surface area (Å²) in [5.74, 6) is -0.281. The van der Waals surface area contributed by atoms with Crippen LogP contribution in [0.3, 0.4) is 0 Å². The van der Waals surface area contributed by atoms with E-state index in [1.54, 1.807) is 26.0 Å². The second kappa shape index (κ2) is 6.09. The van der Waals surface area contributed by atoms with E-state index >= 15 is 0 Å². The number of halogens is 2. The maximum atomic E-state index is 13.5. The number of pyridine rings is 1. The summed E-state index contributed by atoms with van der Waals surface area (Å²) in [6.07, 6.45) is 1.41. The molecule has 0 fully saturated rings. The number of hydrogen-bond donors (Lipinski definition) is 1. The summed E-state index contributed by atoms with van der Waals surface area (Å²) < 4.78 is 40.3. The maximum absolute atomic E-state index is 13.5. The topological polar surface area (TPSA) is 59.1 Å². The molecular weight excluding hydrogens is 315 g/mol. The highest BCUT2D eigenvalue weighted by atomic mass is 35.5. The molecule has 0 saturated carbocycles. The highest BCUT2D eigenvalue weighted by Gasteiger charge is 2.18. The molecule has 1 aromatic carbocycles. The Morgan fingerprint density at radius 3 is 2.48 bits per heavy atom. The molecule has 2 aromatic rings. The van der Waals surface area contributed by atoms with E-state index in [0.717, 1.165) is 0 Å². The second-order valence-electron chi connectivity index (χ2n) is 4.66. The van der Waals surface area contributed by atoms with Crippen molar-refractivity contribution in [2.24, 2.45) is 0 Å². The standard InChI is InChI=1S/C14H14ClFN2O2S/c1-9-6-11(7-10(2)13(9)16)8-18-21(19,20)12-4-3-5-17-14(12)15/h3-7,18H,8H2,1-2H3. The van der Waals surface area contributed by atoms with Crippen LogP contribution in [-0.4, -0.2) is 13.4 Å². The van der Waals surface area contributed by atoms with Crippen LogP contribution in [0.25, 0.3) is 0 Å². The lowest BCUT2D eigenvalue weighted by molar-refractivity contribution is 0.580. The number of nitrogens with zero attached hydrogens (tertiary/aromatic N) is 1. The van der Waals surface area contributed by atoms with E-state index in [1.165, 1.54) is 18.3 Å². The fourth-order valence-electron chi connectivity index (χ4n) is 1.97. The van der Waals surface area contributed by atoms with Crippen LogP contribution in [-0.2, 0) is 16.6 Å². The van der Waals surface area contributed by atoms with E-state index in [1.807, 2.05) is 0 Å². The Balaban J connectivity index is 2.22. The lowest BCUT2D eigenvalue weighted by Gasteiger charge is -2.10. The van der Waals surface area contributed by atoms with Gasteiger partial charge >= 0.3 is 0 Å². The van der Waals surface area contributed by atoms with Gasteiger partial charge in [-0.25, -0.2) is 22.5 Å². The Labute approximate surface area is 128 Å². The van der Waals surface area contributed by atoms with Gasteiger partial charge in [0.05, 0.1) is 0 Å². The van der Waals surface area contributed by atoms with Gasteiger partial charge in [-0.1, -0.05) is 23.7 Å². The summed E-state index contributed by atoms with van der Waals surface area (Å²) in [6, 6.07) is 6.08. The Hall–Kier alpha value is -1.50. The number of aryl methyl sites for hydroxylation is 2. The van der Waals surface area contributed by atoms with Crippen LogP contribution in [0, 0.1) is 19.7 Å². The van der Waals surface area contributed by atoms with Crippen molar-refractivity contribution in [2.75, 3.05) is 0 Å². The predicted molar refractivity (Wildman–Crippen MR) is 79.1 cm³/mol. The first-order valence-electron chi connectivity index (χ1n) is 6.17. The van der Waals surface area contributed by atoms with Crippen LogP contribution in [0.5, 0.6) is 0 Å². The van der Waals surface area contributed by atoms with E-state index in [-0.39, 0.29) is 22.4 Å². The molecule has 0 aliphatic carbocycles. The zero-order valence-corrected chi connectivity index (χ0v) is 13.1. The zero-order chi connectivity index (χ0) is 15.6. The van der Waals surface area contributed by atoms with E-state index < -0.39 is 10.0 Å². The van der Waals surface area contributed by atoms with Crippen molar-refractivity contribution in [3.05, 3.63) is 58.1 Å². The molecule has 0 atom stereocenters. The molecule has 4 nitrogen and oxygen atoms in total. The van der Waals surface area contributed by atoms with Crippen molar-refractivity contribution in [1.29, 1.82) is 0 Å². The summed E-state index contributed by atoms with van der Waals surface area (Å²) in [5.41, 5.74) is 1.63. The first-order chi connectivity index (χ1) is 9.81. The minimum Gasteiger partial charge on any atom is -0.243 e. The number of rotatable bonds is 4. The molecule has 0 amide bonds. The molecule has 1 N–H and O–H groups in total. The fourth-order valence-corrected chi connectivity index (χ4v) is 3.43. The molecule has 0 spiro atoms. The van der Waals surface area contributed by atoms with E-state index in [9.17, 15) is 12.8 Å². The first kappa shape index (κ1) is 15.9. The van der Waals surface area contributed by atoms with Gasteiger partial charge in [-0.3, -0.25) is 0 Å². The van der Waals surface area contributed by atoms with Crippen molar-refractivity contribution in [2.45, 2.75) is 25.3 Å². The summed E-state index contributed by atoms with van der Waals surface area (Å²) in [5, 5.41) is -0.0866. The van der Waals surface area contributed by atoms with Gasteiger partial charge in [0.25, 0.3) is 0 Å². The molecule has 0 aliphatic rings. The molecule has 1 heterocycles. The van der Waals surface area contributed by atoms with Gasteiger partial charge < -0.3 is 0 Å². The molecule has 21 heavy (non-hydrogen) atoms. The third-order valence-electron chi connectivity index (χ3n) is 2.98. The zero-order valence-electron chi connectivity index (χ0n) is 11.5. The summed E-state index contributed by atoms with van der Waals surface area (Å²) in [6.45, 7) is 3.33. The van der Waals surface area contributed by atoms with Gasteiger partial charge in [0, 0.05) is 12.7 Å². The molecule has 112 valence electrons. The highest BCUT2D eigenvalue weighted by Crippen LogP contribution is 2.19. The molecule has 0 unspecified atom stereocenters. The van der Waals surface area contributed by atoms with Crippen LogP contribution in [0.2, 0.25) is 5.15 Å². The van der Waals surface area contributed by atoms with E-state index in [4.69, 9.17) is 11.6 Å². The normalized spacial score (nSPS) is 11.6. The second-order valence-corrected chi connectivity index (χ2v) is 6.75. The third kappa shape index (κ3) is 3.58. The minimum absolute atomic E-state index is 0.0511. The lowest BCUT2D eigenvalue weighted by Crippen LogP contribution is -2.24. The Morgan fingerprint density at radius 2 is 1.90 bits per heavy atom. The van der Waals surface area contributed by atoms with Gasteiger partial charge in [0.1, 0.15) is 15.9 Å². The largest absolute Gasteiger partial charge is 0.243 e. The lowest BCUT2D eigenvalue weighted by atomic mass is 10.1. The number of hydrogen-bond acceptors (Lipinski definition) is 3. The molecule has 0 radical (unpaired) electrons. The average Bonchev–Trinajstić information content (AvgIpc) is 2.43. The average molecular weight is 329 g/mol.